The molecule has 19 heavy (non-hydrogen) atoms. The van der Waals surface area contributed by atoms with Crippen molar-refractivity contribution in [3.05, 3.63) is 22.8 Å². The first-order chi connectivity index (χ1) is 9.02. The summed E-state index contributed by atoms with van der Waals surface area (Å²) < 4.78 is 0. The number of hydrogen-bond acceptors (Lipinski definition) is 3. The average molecular weight is 283 g/mol. The summed E-state index contributed by atoms with van der Waals surface area (Å²) in [6, 6.07) is 1.41. The van der Waals surface area contributed by atoms with Crippen molar-refractivity contribution in [3.8, 4) is 0 Å². The number of nitrogens with one attached hydrogen (secondary N) is 1. The highest BCUT2D eigenvalue weighted by Crippen LogP contribution is 2.36. The van der Waals surface area contributed by atoms with Gasteiger partial charge in [-0.1, -0.05) is 37.8 Å². The maximum absolute atomic E-state index is 11.0. The molecule has 5 heteroatoms. The van der Waals surface area contributed by atoms with Gasteiger partial charge >= 0.3 is 5.97 Å². The predicted octanol–water partition coefficient (Wildman–Crippen LogP) is 3.82. The van der Waals surface area contributed by atoms with Crippen molar-refractivity contribution in [2.75, 3.05) is 11.9 Å². The van der Waals surface area contributed by atoms with E-state index in [2.05, 4.69) is 17.2 Å². The molecule has 0 aromatic carbocycles. The van der Waals surface area contributed by atoms with E-state index in [1.54, 1.807) is 0 Å². The highest BCUT2D eigenvalue weighted by molar-refractivity contribution is 6.35. The van der Waals surface area contributed by atoms with Gasteiger partial charge in [-0.05, 0) is 24.3 Å². The molecular formula is C14H19ClN2O2. The molecule has 0 atom stereocenters. The molecule has 0 aliphatic heterocycles. The van der Waals surface area contributed by atoms with Crippen LogP contribution in [0.15, 0.2) is 12.3 Å². The van der Waals surface area contributed by atoms with Crippen molar-refractivity contribution in [1.82, 2.24) is 4.98 Å². The Morgan fingerprint density at radius 1 is 1.47 bits per heavy atom. The Labute approximate surface area is 118 Å². The first kappa shape index (κ1) is 14.1. The molecule has 0 radical (unpaired) electrons. The van der Waals surface area contributed by atoms with E-state index < -0.39 is 5.97 Å². The van der Waals surface area contributed by atoms with E-state index in [9.17, 15) is 4.79 Å². The lowest BCUT2D eigenvalue weighted by molar-refractivity contribution is 0.0697. The van der Waals surface area contributed by atoms with Crippen molar-refractivity contribution >= 4 is 23.4 Å². The van der Waals surface area contributed by atoms with Crippen LogP contribution in [-0.2, 0) is 0 Å². The molecular weight excluding hydrogens is 264 g/mol. The maximum atomic E-state index is 11.0. The normalized spacial score (nSPS) is 18.0. The van der Waals surface area contributed by atoms with Crippen LogP contribution in [0.25, 0.3) is 0 Å². The zero-order valence-electron chi connectivity index (χ0n) is 11.1. The summed E-state index contributed by atoms with van der Waals surface area (Å²) >= 11 is 6.06. The molecule has 1 saturated carbocycles. The average Bonchev–Trinajstić information content (AvgIpc) is 2.38. The van der Waals surface area contributed by atoms with Gasteiger partial charge in [0, 0.05) is 12.7 Å². The molecule has 2 N–H and O–H groups in total. The van der Waals surface area contributed by atoms with Crippen molar-refractivity contribution in [2.45, 2.75) is 39.0 Å². The second-order valence-electron chi connectivity index (χ2n) is 5.55. The lowest BCUT2D eigenvalue weighted by atomic mass is 9.76. The number of nitrogens with zero attached hydrogens (tertiary/aromatic N) is 1. The van der Waals surface area contributed by atoms with Gasteiger partial charge in [0.15, 0.2) is 0 Å². The van der Waals surface area contributed by atoms with Gasteiger partial charge in [0.2, 0.25) is 0 Å². The Bertz CT molecular complexity index is 471. The summed E-state index contributed by atoms with van der Waals surface area (Å²) in [4.78, 5) is 15.1. The Hall–Kier alpha value is -1.29. The first-order valence-electron chi connectivity index (χ1n) is 6.63. The van der Waals surface area contributed by atoms with E-state index in [1.165, 1.54) is 44.4 Å². The van der Waals surface area contributed by atoms with Gasteiger partial charge in [0.25, 0.3) is 0 Å². The van der Waals surface area contributed by atoms with E-state index in [0.717, 1.165) is 6.54 Å². The van der Waals surface area contributed by atoms with Gasteiger partial charge in [0.05, 0.1) is 10.6 Å². The third kappa shape index (κ3) is 3.38. The van der Waals surface area contributed by atoms with Crippen molar-refractivity contribution < 1.29 is 9.90 Å². The van der Waals surface area contributed by atoms with E-state index >= 15 is 0 Å². The molecule has 0 spiro atoms. The molecule has 4 nitrogen and oxygen atoms in total. The number of rotatable bonds is 4. The van der Waals surface area contributed by atoms with Gasteiger partial charge in [0.1, 0.15) is 5.82 Å². The van der Waals surface area contributed by atoms with Crippen LogP contribution in [0.4, 0.5) is 5.82 Å². The second kappa shape index (κ2) is 5.78. The molecule has 1 fully saturated rings. The van der Waals surface area contributed by atoms with Gasteiger partial charge in [-0.15, -0.1) is 0 Å². The molecule has 0 unspecified atom stereocenters. The quantitative estimate of drug-likeness (QED) is 0.881. The van der Waals surface area contributed by atoms with E-state index in [0.29, 0.717) is 5.82 Å². The Morgan fingerprint density at radius 3 is 2.79 bits per heavy atom. The fourth-order valence-corrected chi connectivity index (χ4v) is 2.87. The number of aromatic nitrogens is 1. The van der Waals surface area contributed by atoms with Crippen molar-refractivity contribution in [1.29, 1.82) is 0 Å². The molecule has 0 bridgehead atoms. The Morgan fingerprint density at radius 2 is 2.16 bits per heavy atom. The molecule has 104 valence electrons. The summed E-state index contributed by atoms with van der Waals surface area (Å²) in [5.74, 6) is -0.562. The SMILES string of the molecule is CC1(CNc2nccc(C(=O)O)c2Cl)CCCCC1. The molecule has 0 amide bonds. The smallest absolute Gasteiger partial charge is 0.337 e. The Kier molecular flexibility index (Phi) is 4.30. The minimum Gasteiger partial charge on any atom is -0.478 e. The summed E-state index contributed by atoms with van der Waals surface area (Å²) in [5.41, 5.74) is 0.343. The summed E-state index contributed by atoms with van der Waals surface area (Å²) in [6.45, 7) is 3.04. The first-order valence-corrected chi connectivity index (χ1v) is 7.01. The zero-order chi connectivity index (χ0) is 13.9. The minimum atomic E-state index is -1.03. The van der Waals surface area contributed by atoms with Gasteiger partial charge < -0.3 is 10.4 Å². The van der Waals surface area contributed by atoms with Crippen molar-refractivity contribution in [3.63, 3.8) is 0 Å². The monoisotopic (exact) mass is 282 g/mol. The molecule has 0 saturated heterocycles. The lowest BCUT2D eigenvalue weighted by Gasteiger charge is -2.33. The maximum Gasteiger partial charge on any atom is 0.337 e. The summed E-state index contributed by atoms with van der Waals surface area (Å²) in [6.07, 6.45) is 7.68. The fourth-order valence-electron chi connectivity index (χ4n) is 2.61. The molecule has 1 aliphatic rings. The largest absolute Gasteiger partial charge is 0.478 e. The van der Waals surface area contributed by atoms with Crippen molar-refractivity contribution in [2.24, 2.45) is 5.41 Å². The Balaban J connectivity index is 2.07. The van der Waals surface area contributed by atoms with Crippen LogP contribution in [-0.4, -0.2) is 22.6 Å². The number of carboxylic acids is 1. The number of carboxylic acid groups (broad SMARTS) is 1. The van der Waals surface area contributed by atoms with E-state index in [-0.39, 0.29) is 16.0 Å². The molecule has 2 rings (SSSR count). The topological polar surface area (TPSA) is 62.2 Å². The van der Waals surface area contributed by atoms with Crippen LogP contribution in [0, 0.1) is 5.41 Å². The van der Waals surface area contributed by atoms with Gasteiger partial charge in [-0.2, -0.15) is 0 Å². The summed E-state index contributed by atoms with van der Waals surface area (Å²) in [7, 11) is 0. The number of aromatic carboxylic acids is 1. The van der Waals surface area contributed by atoms with Gasteiger partial charge in [-0.25, -0.2) is 9.78 Å². The number of hydrogen-bond donors (Lipinski definition) is 2. The van der Waals surface area contributed by atoms with Crippen LogP contribution in [0.3, 0.4) is 0 Å². The lowest BCUT2D eigenvalue weighted by Crippen LogP contribution is -2.29. The van der Waals surface area contributed by atoms with Crippen LogP contribution in [0.2, 0.25) is 5.02 Å². The molecule has 1 aromatic heterocycles. The number of halogens is 1. The number of anilines is 1. The van der Waals surface area contributed by atoms with Gasteiger partial charge in [-0.3, -0.25) is 0 Å². The predicted molar refractivity (Wildman–Crippen MR) is 75.9 cm³/mol. The zero-order valence-corrected chi connectivity index (χ0v) is 11.8. The van der Waals surface area contributed by atoms with Crippen LogP contribution in [0.1, 0.15) is 49.4 Å². The third-order valence-electron chi connectivity index (χ3n) is 3.86. The van der Waals surface area contributed by atoms with Crippen LogP contribution in [0.5, 0.6) is 0 Å². The highest BCUT2D eigenvalue weighted by atomic mass is 35.5. The highest BCUT2D eigenvalue weighted by Gasteiger charge is 2.27. The molecule has 1 aromatic rings. The second-order valence-corrected chi connectivity index (χ2v) is 5.93. The molecule has 1 heterocycles. The third-order valence-corrected chi connectivity index (χ3v) is 4.25. The fraction of sp³-hybridized carbons (Fsp3) is 0.571. The minimum absolute atomic E-state index is 0.0907. The number of carbonyl (C=O) groups is 1. The molecule has 1 aliphatic carbocycles. The van der Waals surface area contributed by atoms with Crippen LogP contribution < -0.4 is 5.32 Å². The standard InChI is InChI=1S/C14H19ClN2O2/c1-14(6-3-2-4-7-14)9-17-12-11(15)10(13(18)19)5-8-16-12/h5,8H,2-4,6-7,9H2,1H3,(H,16,17)(H,18,19). The van der Waals surface area contributed by atoms with E-state index in [1.807, 2.05) is 0 Å². The van der Waals surface area contributed by atoms with Crippen LogP contribution >= 0.6 is 11.6 Å². The summed E-state index contributed by atoms with van der Waals surface area (Å²) in [5, 5.41) is 12.4. The van der Waals surface area contributed by atoms with E-state index in [4.69, 9.17) is 16.7 Å². The number of pyridine rings is 1.